The highest BCUT2D eigenvalue weighted by Crippen LogP contribution is 2.27. The van der Waals surface area contributed by atoms with Crippen molar-refractivity contribution in [1.82, 2.24) is 0 Å². The number of carbonyl (C=O) groups is 2. The normalized spacial score (nSPS) is 11.9. The van der Waals surface area contributed by atoms with E-state index in [0.717, 1.165) is 0 Å². The minimum absolute atomic E-state index is 0.00119. The van der Waals surface area contributed by atoms with Crippen molar-refractivity contribution in [3.63, 3.8) is 0 Å². The average Bonchev–Trinajstić information content (AvgIpc) is 2.72. The van der Waals surface area contributed by atoms with E-state index in [0.29, 0.717) is 33.6 Å². The third kappa shape index (κ3) is 4.56. The zero-order valence-electron chi connectivity index (χ0n) is 15.9. The smallest absolute Gasteiger partial charge is 0.336 e. The highest BCUT2D eigenvalue weighted by atomic mass is 16.4. The minimum Gasteiger partial charge on any atom is -0.478 e. The molecule has 0 atom stereocenters. The predicted molar refractivity (Wildman–Crippen MR) is 119 cm³/mol. The Kier molecular flexibility index (Phi) is 5.98. The van der Waals surface area contributed by atoms with E-state index < -0.39 is 11.9 Å². The van der Waals surface area contributed by atoms with Gasteiger partial charge >= 0.3 is 11.9 Å². The lowest BCUT2D eigenvalue weighted by Crippen LogP contribution is -2.04. The first-order chi connectivity index (χ1) is 14.4. The van der Waals surface area contributed by atoms with Crippen LogP contribution in [0.1, 0.15) is 22.3 Å². The Balaban J connectivity index is 2.11. The highest BCUT2D eigenvalue weighted by Gasteiger charge is 2.16. The fourth-order valence-electron chi connectivity index (χ4n) is 2.99. The first-order valence-electron chi connectivity index (χ1n) is 9.06. The Morgan fingerprint density at radius 1 is 0.633 bits per heavy atom. The number of aliphatic carboxylic acids is 2. The molecule has 0 aliphatic heterocycles. The fraction of sp³-hybridized carbons (Fsp3) is 0. The van der Waals surface area contributed by atoms with Crippen LogP contribution >= 0.6 is 0 Å². The topological polar surface area (TPSA) is 127 Å². The molecule has 0 spiro atoms. The standard InChI is InChI=1S/C24H20N2O4/c25-21-10-3-1-6-17(21)13-19(23(27)28)15-8-5-9-16(12-15)20(24(29)30)14-18-7-2-4-11-22(18)26/h1-14H,25-26H2,(H,27,28)(H,29,30)/b19-13-,20-14-. The average molecular weight is 400 g/mol. The van der Waals surface area contributed by atoms with Crippen LogP contribution in [0, 0.1) is 0 Å². The van der Waals surface area contributed by atoms with Crippen molar-refractivity contribution in [2.75, 3.05) is 11.5 Å². The SMILES string of the molecule is Nc1ccccc1/C=C(\C(=O)O)c1cccc(/C(=C/c2ccccc2N)C(=O)O)c1. The van der Waals surface area contributed by atoms with Crippen molar-refractivity contribution in [2.24, 2.45) is 0 Å². The van der Waals surface area contributed by atoms with E-state index in [1.807, 2.05) is 0 Å². The van der Waals surface area contributed by atoms with E-state index in [2.05, 4.69) is 0 Å². The second kappa shape index (κ2) is 8.79. The van der Waals surface area contributed by atoms with Gasteiger partial charge < -0.3 is 21.7 Å². The largest absolute Gasteiger partial charge is 0.478 e. The molecule has 6 heteroatoms. The molecule has 0 radical (unpaired) electrons. The van der Waals surface area contributed by atoms with E-state index in [1.165, 1.54) is 18.2 Å². The zero-order valence-corrected chi connectivity index (χ0v) is 15.9. The number of carboxylic acids is 2. The summed E-state index contributed by atoms with van der Waals surface area (Å²) >= 11 is 0. The molecule has 0 amide bonds. The molecule has 0 bridgehead atoms. The van der Waals surface area contributed by atoms with Gasteiger partial charge in [0.1, 0.15) is 0 Å². The Morgan fingerprint density at radius 2 is 1.03 bits per heavy atom. The van der Waals surface area contributed by atoms with Crippen molar-refractivity contribution >= 4 is 46.6 Å². The van der Waals surface area contributed by atoms with Gasteiger partial charge in [0.25, 0.3) is 0 Å². The van der Waals surface area contributed by atoms with Crippen LogP contribution in [0.3, 0.4) is 0 Å². The third-order valence-corrected chi connectivity index (χ3v) is 4.54. The summed E-state index contributed by atoms with van der Waals surface area (Å²) in [6.07, 6.45) is 2.94. The van der Waals surface area contributed by atoms with Gasteiger partial charge in [0, 0.05) is 11.4 Å². The molecule has 3 aromatic rings. The van der Waals surface area contributed by atoms with Gasteiger partial charge in [0.15, 0.2) is 0 Å². The molecule has 6 N–H and O–H groups in total. The number of anilines is 2. The van der Waals surface area contributed by atoms with E-state index in [-0.39, 0.29) is 11.1 Å². The number of benzene rings is 3. The van der Waals surface area contributed by atoms with E-state index in [4.69, 9.17) is 11.5 Å². The van der Waals surface area contributed by atoms with Gasteiger partial charge in [-0.2, -0.15) is 0 Å². The fourth-order valence-corrected chi connectivity index (χ4v) is 2.99. The quantitative estimate of drug-likeness (QED) is 0.280. The van der Waals surface area contributed by atoms with Crippen LogP contribution in [0.25, 0.3) is 23.3 Å². The van der Waals surface area contributed by atoms with Gasteiger partial charge in [-0.05, 0) is 52.6 Å². The highest BCUT2D eigenvalue weighted by molar-refractivity contribution is 6.23. The van der Waals surface area contributed by atoms with E-state index >= 15 is 0 Å². The second-order valence-electron chi connectivity index (χ2n) is 6.56. The summed E-state index contributed by atoms with van der Waals surface area (Å²) < 4.78 is 0. The summed E-state index contributed by atoms with van der Waals surface area (Å²) in [7, 11) is 0. The molecule has 0 saturated heterocycles. The van der Waals surface area contributed by atoms with Crippen molar-refractivity contribution in [2.45, 2.75) is 0 Å². The lowest BCUT2D eigenvalue weighted by atomic mass is 9.96. The maximum Gasteiger partial charge on any atom is 0.336 e. The molecule has 0 fully saturated rings. The summed E-state index contributed by atoms with van der Waals surface area (Å²) in [5, 5.41) is 19.5. The Bertz CT molecular complexity index is 1090. The Hall–Kier alpha value is -4.32. The molecule has 0 saturated carbocycles. The molecule has 6 nitrogen and oxygen atoms in total. The summed E-state index contributed by atoms with van der Waals surface area (Å²) in [4.78, 5) is 23.8. The molecule has 150 valence electrons. The molecule has 0 heterocycles. The maximum absolute atomic E-state index is 11.9. The number of nitrogen functional groups attached to an aromatic ring is 2. The summed E-state index contributed by atoms with van der Waals surface area (Å²) in [6, 6.07) is 20.2. The first-order valence-corrected chi connectivity index (χ1v) is 9.06. The number of hydrogen-bond donors (Lipinski definition) is 4. The summed E-state index contributed by atoms with van der Waals surface area (Å²) in [6.45, 7) is 0. The predicted octanol–water partition coefficient (Wildman–Crippen LogP) is 4.10. The van der Waals surface area contributed by atoms with Crippen LogP contribution in [-0.4, -0.2) is 22.2 Å². The van der Waals surface area contributed by atoms with Crippen LogP contribution in [0.5, 0.6) is 0 Å². The van der Waals surface area contributed by atoms with Gasteiger partial charge in [-0.25, -0.2) is 9.59 Å². The van der Waals surface area contributed by atoms with Crippen molar-refractivity contribution in [1.29, 1.82) is 0 Å². The molecular formula is C24H20N2O4. The summed E-state index contributed by atoms with van der Waals surface area (Å²) in [5.41, 5.74) is 14.6. The lowest BCUT2D eigenvalue weighted by Gasteiger charge is -2.09. The van der Waals surface area contributed by atoms with E-state index in [9.17, 15) is 19.8 Å². The van der Waals surface area contributed by atoms with Crippen LogP contribution in [0.4, 0.5) is 11.4 Å². The van der Waals surface area contributed by atoms with E-state index in [1.54, 1.807) is 66.7 Å². The minimum atomic E-state index is -1.15. The zero-order chi connectivity index (χ0) is 21.7. The summed E-state index contributed by atoms with van der Waals surface area (Å²) in [5.74, 6) is -2.30. The van der Waals surface area contributed by atoms with Gasteiger partial charge in [-0.1, -0.05) is 54.6 Å². The van der Waals surface area contributed by atoms with Crippen molar-refractivity contribution < 1.29 is 19.8 Å². The first kappa shape index (κ1) is 20.4. The number of nitrogens with two attached hydrogens (primary N) is 2. The van der Waals surface area contributed by atoms with Crippen molar-refractivity contribution in [3.05, 3.63) is 95.1 Å². The molecule has 3 aromatic carbocycles. The number of hydrogen-bond acceptors (Lipinski definition) is 4. The van der Waals surface area contributed by atoms with Crippen LogP contribution in [0.15, 0.2) is 72.8 Å². The molecule has 0 aliphatic carbocycles. The Morgan fingerprint density at radius 3 is 1.40 bits per heavy atom. The Labute approximate surface area is 173 Å². The van der Waals surface area contributed by atoms with Crippen LogP contribution < -0.4 is 11.5 Å². The number of rotatable bonds is 6. The van der Waals surface area contributed by atoms with Crippen molar-refractivity contribution in [3.8, 4) is 0 Å². The molecule has 0 aliphatic rings. The van der Waals surface area contributed by atoms with Gasteiger partial charge in [-0.3, -0.25) is 0 Å². The van der Waals surface area contributed by atoms with Gasteiger partial charge in [0.2, 0.25) is 0 Å². The van der Waals surface area contributed by atoms with Crippen LogP contribution in [-0.2, 0) is 9.59 Å². The molecule has 0 unspecified atom stereocenters. The number of para-hydroxylation sites is 2. The van der Waals surface area contributed by atoms with Gasteiger partial charge in [0.05, 0.1) is 11.1 Å². The second-order valence-corrected chi connectivity index (χ2v) is 6.56. The van der Waals surface area contributed by atoms with Gasteiger partial charge in [-0.15, -0.1) is 0 Å². The molecule has 3 rings (SSSR count). The molecule has 0 aromatic heterocycles. The molecule has 30 heavy (non-hydrogen) atoms. The monoisotopic (exact) mass is 400 g/mol. The third-order valence-electron chi connectivity index (χ3n) is 4.54. The number of carboxylic acid groups (broad SMARTS) is 2. The molecular weight excluding hydrogens is 380 g/mol. The van der Waals surface area contributed by atoms with Crippen LogP contribution in [0.2, 0.25) is 0 Å². The maximum atomic E-state index is 11.9. The lowest BCUT2D eigenvalue weighted by molar-refractivity contribution is -0.131.